The first-order valence-electron chi connectivity index (χ1n) is 23.5. The molecule has 0 unspecified atom stereocenters. The molecule has 67 heavy (non-hydrogen) atoms. The van der Waals surface area contributed by atoms with Crippen LogP contribution >= 0.6 is 0 Å². The first kappa shape index (κ1) is 40.8. The van der Waals surface area contributed by atoms with Crippen molar-refractivity contribution in [1.82, 2.24) is 29.7 Å². The molecular formula is C57H50N6O4. The molecule has 332 valence electrons. The average Bonchev–Trinajstić information content (AvgIpc) is 4.25. The van der Waals surface area contributed by atoms with Gasteiger partial charge >= 0.3 is 12.2 Å². The molecule has 10 nitrogen and oxygen atoms in total. The number of nitrogens with zero attached hydrogens (tertiary/aromatic N) is 4. The first-order chi connectivity index (χ1) is 32.9. The predicted molar refractivity (Wildman–Crippen MR) is 259 cm³/mol. The summed E-state index contributed by atoms with van der Waals surface area (Å²) in [7, 11) is 0. The minimum atomic E-state index is -0.614. The van der Waals surface area contributed by atoms with E-state index < -0.39 is 5.54 Å². The average molecular weight is 883 g/mol. The summed E-state index contributed by atoms with van der Waals surface area (Å²) in [6, 6.07) is 50.3. The molecule has 2 aliphatic heterocycles. The molecule has 2 saturated heterocycles. The van der Waals surface area contributed by atoms with E-state index in [1.807, 2.05) is 22.2 Å². The molecule has 0 radical (unpaired) electrons. The number of aromatic nitrogens is 4. The molecule has 4 aliphatic rings. The molecule has 2 aromatic heterocycles. The Labute approximate surface area is 389 Å². The quantitative estimate of drug-likeness (QED) is 0.149. The molecular weight excluding hydrogens is 833 g/mol. The number of hydrogen-bond acceptors (Lipinski definition) is 6. The second-order valence-electron chi connectivity index (χ2n) is 18.5. The minimum absolute atomic E-state index is 0.00608. The van der Waals surface area contributed by atoms with Crippen molar-refractivity contribution in [2.75, 3.05) is 26.3 Å². The predicted octanol–water partition coefficient (Wildman–Crippen LogP) is 12.5. The summed E-state index contributed by atoms with van der Waals surface area (Å²) in [6.45, 7) is 3.91. The zero-order valence-corrected chi connectivity index (χ0v) is 37.3. The van der Waals surface area contributed by atoms with Gasteiger partial charge in [-0.3, -0.25) is 9.80 Å². The normalized spacial score (nSPS) is 18.4. The van der Waals surface area contributed by atoms with Gasteiger partial charge in [-0.1, -0.05) is 146 Å². The molecule has 6 aromatic carbocycles. The van der Waals surface area contributed by atoms with Crippen molar-refractivity contribution in [2.45, 2.75) is 56.0 Å². The van der Waals surface area contributed by atoms with Crippen LogP contribution in [0.25, 0.3) is 55.9 Å². The van der Waals surface area contributed by atoms with Crippen molar-refractivity contribution in [3.8, 4) is 55.9 Å². The molecule has 10 heteroatoms. The highest BCUT2D eigenvalue weighted by Gasteiger charge is 2.45. The zero-order chi connectivity index (χ0) is 45.1. The Morgan fingerprint density at radius 2 is 1.03 bits per heavy atom. The fraction of sp³-hybridized carbons (Fsp3) is 0.228. The third kappa shape index (κ3) is 7.10. The summed E-state index contributed by atoms with van der Waals surface area (Å²) in [6.07, 6.45) is 6.48. The van der Waals surface area contributed by atoms with Crippen LogP contribution in [-0.2, 0) is 15.0 Å². The van der Waals surface area contributed by atoms with E-state index in [1.165, 1.54) is 44.5 Å². The van der Waals surface area contributed by atoms with Crippen LogP contribution in [0.1, 0.15) is 84.4 Å². The van der Waals surface area contributed by atoms with Gasteiger partial charge in [-0.05, 0) is 99.4 Å². The van der Waals surface area contributed by atoms with E-state index in [9.17, 15) is 9.59 Å². The smallest absolute Gasteiger partial charge is 0.410 e. The van der Waals surface area contributed by atoms with E-state index in [1.54, 1.807) is 0 Å². The number of carbonyl (C=O) groups excluding carboxylic acids is 2. The highest BCUT2D eigenvalue weighted by molar-refractivity contribution is 5.81. The molecule has 12 rings (SSSR count). The van der Waals surface area contributed by atoms with Crippen molar-refractivity contribution in [1.29, 1.82) is 0 Å². The van der Waals surface area contributed by atoms with Crippen molar-refractivity contribution in [3.05, 3.63) is 192 Å². The van der Waals surface area contributed by atoms with Gasteiger partial charge in [0.1, 0.15) is 30.4 Å². The third-order valence-electron chi connectivity index (χ3n) is 14.7. The Balaban J connectivity index is 0.680. The van der Waals surface area contributed by atoms with Gasteiger partial charge in [-0.15, -0.1) is 0 Å². The fourth-order valence-corrected chi connectivity index (χ4v) is 11.2. The van der Waals surface area contributed by atoms with Crippen molar-refractivity contribution >= 4 is 12.2 Å². The molecule has 0 bridgehead atoms. The van der Waals surface area contributed by atoms with Crippen molar-refractivity contribution < 1.29 is 19.1 Å². The molecule has 0 saturated carbocycles. The summed E-state index contributed by atoms with van der Waals surface area (Å²) in [5.41, 5.74) is 15.0. The second-order valence-corrected chi connectivity index (χ2v) is 18.5. The van der Waals surface area contributed by atoms with Crippen LogP contribution in [-0.4, -0.2) is 68.2 Å². The topological polar surface area (TPSA) is 116 Å². The van der Waals surface area contributed by atoms with Crippen molar-refractivity contribution in [2.24, 2.45) is 0 Å². The summed E-state index contributed by atoms with van der Waals surface area (Å²) in [5.74, 6) is 1.55. The Kier molecular flexibility index (Phi) is 10.1. The number of imidazole rings is 2. The maximum atomic E-state index is 13.8. The largest absolute Gasteiger partial charge is 0.448 e. The van der Waals surface area contributed by atoms with Crippen LogP contribution in [0.3, 0.4) is 0 Å². The molecule has 0 spiro atoms. The lowest BCUT2D eigenvalue weighted by atomic mass is 9.98. The zero-order valence-electron chi connectivity index (χ0n) is 37.3. The number of carbonyl (C=O) groups is 2. The van der Waals surface area contributed by atoms with Gasteiger partial charge in [0.05, 0.1) is 29.8 Å². The number of aromatic amines is 2. The van der Waals surface area contributed by atoms with Gasteiger partial charge in [0.2, 0.25) is 0 Å². The lowest BCUT2D eigenvalue weighted by Crippen LogP contribution is -2.44. The minimum Gasteiger partial charge on any atom is -0.448 e. The van der Waals surface area contributed by atoms with Crippen LogP contribution in [0.4, 0.5) is 9.59 Å². The summed E-state index contributed by atoms with van der Waals surface area (Å²) < 4.78 is 12.2. The van der Waals surface area contributed by atoms with Gasteiger partial charge in [-0.2, -0.15) is 0 Å². The Bertz CT molecular complexity index is 3060. The van der Waals surface area contributed by atoms with E-state index in [0.29, 0.717) is 19.7 Å². The van der Waals surface area contributed by atoms with Gasteiger partial charge in [0.25, 0.3) is 0 Å². The Morgan fingerprint density at radius 3 is 1.57 bits per heavy atom. The Hall–Kier alpha value is -7.72. The van der Waals surface area contributed by atoms with Gasteiger partial charge in [0.15, 0.2) is 0 Å². The third-order valence-corrected chi connectivity index (χ3v) is 14.7. The summed E-state index contributed by atoms with van der Waals surface area (Å²) >= 11 is 0. The van der Waals surface area contributed by atoms with Crippen LogP contribution in [0, 0.1) is 0 Å². The van der Waals surface area contributed by atoms with Crippen LogP contribution < -0.4 is 0 Å². The number of fused-ring (bicyclic) bond motifs is 6. The highest BCUT2D eigenvalue weighted by atomic mass is 16.6. The monoisotopic (exact) mass is 882 g/mol. The van der Waals surface area contributed by atoms with E-state index in [2.05, 4.69) is 162 Å². The molecule has 2 amide bonds. The van der Waals surface area contributed by atoms with Crippen LogP contribution in [0.15, 0.2) is 158 Å². The van der Waals surface area contributed by atoms with E-state index in [4.69, 9.17) is 19.4 Å². The number of likely N-dealkylation sites (tertiary alicyclic amines) is 2. The Morgan fingerprint density at radius 1 is 0.567 bits per heavy atom. The second kappa shape index (κ2) is 16.6. The first-order valence-corrected chi connectivity index (χ1v) is 23.5. The number of benzene rings is 6. The summed E-state index contributed by atoms with van der Waals surface area (Å²) in [4.78, 5) is 47.8. The molecule has 4 heterocycles. The van der Waals surface area contributed by atoms with Gasteiger partial charge in [-0.25, -0.2) is 19.6 Å². The number of ether oxygens (including phenoxy) is 2. The molecule has 2 aliphatic carbocycles. The lowest BCUT2D eigenvalue weighted by Gasteiger charge is -2.33. The van der Waals surface area contributed by atoms with Crippen LogP contribution in [0.5, 0.6) is 0 Å². The highest BCUT2D eigenvalue weighted by Crippen LogP contribution is 2.47. The maximum Gasteiger partial charge on any atom is 0.410 e. The molecule has 2 N–H and O–H groups in total. The molecule has 2 fully saturated rings. The maximum absolute atomic E-state index is 13.8. The number of rotatable bonds is 9. The number of hydrogen-bond donors (Lipinski definition) is 2. The van der Waals surface area contributed by atoms with E-state index in [-0.39, 0.29) is 36.7 Å². The van der Waals surface area contributed by atoms with E-state index in [0.717, 1.165) is 71.0 Å². The number of amides is 2. The fourth-order valence-electron chi connectivity index (χ4n) is 11.2. The standard InChI is InChI=1S/C57H50N6O4/c1-57(29-11-31-63(57)56(65)67-35-49-46-18-8-4-14-42(46)43-15-5-9-19-47(43)49)54-59-33-51(61-54)39-27-23-37(24-28-39)36-21-25-38(26-22-36)50-32-58-53(60-50)52-20-10-30-62(52)55(64)66-34-48-44-16-6-2-12-40(44)41-13-3-7-17-45(41)48/h2-9,12-19,21-28,32-33,48-49,52H,10-11,20,29-31,34-35H2,1H3,(H,58,60)(H,59,61)/t52-,57-/m0/s1. The van der Waals surface area contributed by atoms with Gasteiger partial charge < -0.3 is 19.4 Å². The SMILES string of the molecule is C[C@@]1(c2ncc(-c3ccc(-c4ccc(-c5cnc([C@@H]6CCCN6C(=O)OCC6c7ccccc7-c7ccccc76)[nH]5)cc4)cc3)[nH]2)CCCN1C(=O)OCC1c2ccccc2-c2ccccc21. The summed E-state index contributed by atoms with van der Waals surface area (Å²) in [5, 5.41) is 0. The van der Waals surface area contributed by atoms with Crippen LogP contribution in [0.2, 0.25) is 0 Å². The van der Waals surface area contributed by atoms with Crippen molar-refractivity contribution in [3.63, 3.8) is 0 Å². The van der Waals surface area contributed by atoms with Gasteiger partial charge in [0, 0.05) is 24.9 Å². The lowest BCUT2D eigenvalue weighted by molar-refractivity contribution is 0.0700. The number of H-pyrrole nitrogens is 2. The molecule has 8 aromatic rings. The van der Waals surface area contributed by atoms with E-state index >= 15 is 0 Å². The number of nitrogens with one attached hydrogen (secondary N) is 2. The molecule has 2 atom stereocenters.